The van der Waals surface area contributed by atoms with Crippen molar-refractivity contribution in [1.82, 2.24) is 4.98 Å². The van der Waals surface area contributed by atoms with Crippen LogP contribution in [0.3, 0.4) is 0 Å². The average molecular weight is 321 g/mol. The Bertz CT molecular complexity index is 905. The zero-order valence-electron chi connectivity index (χ0n) is 11.3. The van der Waals surface area contributed by atoms with Gasteiger partial charge in [0.2, 0.25) is 5.78 Å². The van der Waals surface area contributed by atoms with Crippen LogP contribution in [0.1, 0.15) is 16.2 Å². The summed E-state index contributed by atoms with van der Waals surface area (Å²) in [4.78, 5) is 15.8. The number of hydrogen-bond donors (Lipinski definition) is 0. The average Bonchev–Trinajstić information content (AvgIpc) is 3.02. The summed E-state index contributed by atoms with van der Waals surface area (Å²) in [7, 11) is 0. The van der Waals surface area contributed by atoms with Crippen LogP contribution >= 0.6 is 0 Å². The van der Waals surface area contributed by atoms with Gasteiger partial charge in [0, 0.05) is 11.1 Å². The van der Waals surface area contributed by atoms with Gasteiger partial charge in [-0.05, 0) is 36.4 Å². The second kappa shape index (κ2) is 5.68. The molecule has 0 unspecified atom stereocenters. The lowest BCUT2D eigenvalue weighted by atomic mass is 10.1. The van der Waals surface area contributed by atoms with E-state index >= 15 is 0 Å². The Balaban J connectivity index is 1.93. The summed E-state index contributed by atoms with van der Waals surface area (Å²) in [6, 6.07) is 5.67. The van der Waals surface area contributed by atoms with Crippen molar-refractivity contribution < 1.29 is 26.8 Å². The van der Waals surface area contributed by atoms with E-state index in [1.165, 1.54) is 6.07 Å². The van der Waals surface area contributed by atoms with Crippen molar-refractivity contribution in [2.24, 2.45) is 0 Å². The molecule has 0 bridgehead atoms. The van der Waals surface area contributed by atoms with E-state index in [-0.39, 0.29) is 22.8 Å². The maximum Gasteiger partial charge on any atom is 0.268 e. The smallest absolute Gasteiger partial charge is 0.268 e. The predicted octanol–water partition coefficient (Wildman–Crippen LogP) is 4.13. The van der Waals surface area contributed by atoms with Crippen LogP contribution < -0.4 is 0 Å². The third-order valence-corrected chi connectivity index (χ3v) is 3.09. The topological polar surface area (TPSA) is 43.1 Å². The summed E-state index contributed by atoms with van der Waals surface area (Å²) in [6.45, 7) is 0. The third kappa shape index (κ3) is 2.85. The molecule has 0 aliphatic rings. The molecule has 2 aromatic carbocycles. The minimum absolute atomic E-state index is 0.0369. The van der Waals surface area contributed by atoms with Crippen molar-refractivity contribution in [3.8, 4) is 11.3 Å². The molecule has 7 heteroatoms. The summed E-state index contributed by atoms with van der Waals surface area (Å²) in [6.07, 6.45) is 1.15. The summed E-state index contributed by atoms with van der Waals surface area (Å²) in [5.74, 6) is -5.47. The number of aromatic nitrogens is 1. The minimum atomic E-state index is -1.18. The largest absolute Gasteiger partial charge is 0.433 e. The zero-order chi connectivity index (χ0) is 16.6. The third-order valence-electron chi connectivity index (χ3n) is 3.09. The zero-order valence-corrected chi connectivity index (χ0v) is 11.3. The van der Waals surface area contributed by atoms with Gasteiger partial charge in [-0.25, -0.2) is 22.5 Å². The molecular formula is C16H7F4NO2. The first-order valence-corrected chi connectivity index (χ1v) is 6.36. The second-order valence-corrected chi connectivity index (χ2v) is 4.62. The van der Waals surface area contributed by atoms with Gasteiger partial charge in [-0.15, -0.1) is 0 Å². The molecular weight excluding hydrogens is 314 g/mol. The second-order valence-electron chi connectivity index (χ2n) is 4.62. The molecule has 23 heavy (non-hydrogen) atoms. The highest BCUT2D eigenvalue weighted by Gasteiger charge is 2.18. The van der Waals surface area contributed by atoms with Gasteiger partial charge < -0.3 is 4.42 Å². The molecule has 3 aromatic rings. The molecule has 0 saturated carbocycles. The Morgan fingerprint density at radius 3 is 2.17 bits per heavy atom. The van der Waals surface area contributed by atoms with Gasteiger partial charge in [-0.2, -0.15) is 0 Å². The van der Waals surface area contributed by atoms with Gasteiger partial charge in [0.05, 0.1) is 6.20 Å². The van der Waals surface area contributed by atoms with E-state index in [2.05, 4.69) is 4.98 Å². The first-order valence-electron chi connectivity index (χ1n) is 6.36. The first-order chi connectivity index (χ1) is 11.0. The van der Waals surface area contributed by atoms with Crippen LogP contribution in [0.2, 0.25) is 0 Å². The molecule has 116 valence electrons. The van der Waals surface area contributed by atoms with Crippen molar-refractivity contribution in [3.05, 3.63) is 77.3 Å². The monoisotopic (exact) mass is 321 g/mol. The molecule has 0 aliphatic heterocycles. The number of halogens is 4. The SMILES string of the molecule is O=C(c1ccc(F)c(F)c1)c1ncc(-c2ccc(F)c(F)c2)o1. The van der Waals surface area contributed by atoms with Gasteiger partial charge in [0.15, 0.2) is 29.0 Å². The lowest BCUT2D eigenvalue weighted by Gasteiger charge is -1.99. The van der Waals surface area contributed by atoms with E-state index in [0.717, 1.165) is 36.5 Å². The van der Waals surface area contributed by atoms with Crippen molar-refractivity contribution in [1.29, 1.82) is 0 Å². The molecule has 0 saturated heterocycles. The Morgan fingerprint density at radius 2 is 1.52 bits per heavy atom. The molecule has 3 rings (SSSR count). The summed E-state index contributed by atoms with van der Waals surface area (Å²) in [5, 5.41) is 0. The molecule has 0 atom stereocenters. The van der Waals surface area contributed by atoms with Crippen molar-refractivity contribution in [2.45, 2.75) is 0 Å². The number of hydrogen-bond acceptors (Lipinski definition) is 3. The van der Waals surface area contributed by atoms with Crippen LogP contribution in [0.15, 0.2) is 47.0 Å². The Kier molecular flexibility index (Phi) is 3.69. The van der Waals surface area contributed by atoms with Crippen LogP contribution in [-0.4, -0.2) is 10.8 Å². The number of nitrogens with zero attached hydrogens (tertiary/aromatic N) is 1. The molecule has 0 spiro atoms. The summed E-state index contributed by atoms with van der Waals surface area (Å²) >= 11 is 0. The minimum Gasteiger partial charge on any atom is -0.433 e. The fourth-order valence-electron chi connectivity index (χ4n) is 1.92. The van der Waals surface area contributed by atoms with Gasteiger partial charge in [0.25, 0.3) is 5.89 Å². The molecule has 0 radical (unpaired) electrons. The molecule has 0 fully saturated rings. The van der Waals surface area contributed by atoms with Crippen LogP contribution in [-0.2, 0) is 0 Å². The van der Waals surface area contributed by atoms with E-state index in [1.807, 2.05) is 0 Å². The van der Waals surface area contributed by atoms with E-state index < -0.39 is 29.1 Å². The van der Waals surface area contributed by atoms with Crippen LogP contribution in [0.25, 0.3) is 11.3 Å². The quantitative estimate of drug-likeness (QED) is 0.538. The van der Waals surface area contributed by atoms with Crippen LogP contribution in [0.5, 0.6) is 0 Å². The number of benzene rings is 2. The number of ketones is 1. The molecule has 1 aromatic heterocycles. The number of carbonyl (C=O) groups excluding carboxylic acids is 1. The van der Waals surface area contributed by atoms with Crippen molar-refractivity contribution in [3.63, 3.8) is 0 Å². The lowest BCUT2D eigenvalue weighted by molar-refractivity contribution is 0.100. The maximum absolute atomic E-state index is 13.2. The summed E-state index contributed by atoms with van der Waals surface area (Å²) in [5.41, 5.74) is 0.0309. The normalized spacial score (nSPS) is 10.8. The highest BCUT2D eigenvalue weighted by atomic mass is 19.2. The fourth-order valence-corrected chi connectivity index (χ4v) is 1.92. The van der Waals surface area contributed by atoms with E-state index in [0.29, 0.717) is 0 Å². The molecule has 0 aliphatic carbocycles. The van der Waals surface area contributed by atoms with Crippen molar-refractivity contribution >= 4 is 5.78 Å². The Labute approximate surface area is 127 Å². The van der Waals surface area contributed by atoms with Gasteiger partial charge >= 0.3 is 0 Å². The Morgan fingerprint density at radius 1 is 0.870 bits per heavy atom. The van der Waals surface area contributed by atoms with Gasteiger partial charge in [-0.3, -0.25) is 4.79 Å². The predicted molar refractivity (Wildman–Crippen MR) is 71.6 cm³/mol. The van der Waals surface area contributed by atoms with E-state index in [4.69, 9.17) is 4.42 Å². The highest BCUT2D eigenvalue weighted by Crippen LogP contribution is 2.23. The fraction of sp³-hybridized carbons (Fsp3) is 0. The standard InChI is InChI=1S/C16H7F4NO2/c17-10-3-1-8(5-12(10)19)14-7-21-16(23-14)15(22)9-2-4-11(18)13(20)6-9/h1-7H. The van der Waals surface area contributed by atoms with Gasteiger partial charge in [-0.1, -0.05) is 0 Å². The van der Waals surface area contributed by atoms with Gasteiger partial charge in [0.1, 0.15) is 0 Å². The number of carbonyl (C=O) groups is 1. The van der Waals surface area contributed by atoms with E-state index in [9.17, 15) is 22.4 Å². The van der Waals surface area contributed by atoms with Crippen LogP contribution in [0.4, 0.5) is 17.6 Å². The lowest BCUT2D eigenvalue weighted by Crippen LogP contribution is -2.02. The van der Waals surface area contributed by atoms with Crippen molar-refractivity contribution in [2.75, 3.05) is 0 Å². The summed E-state index contributed by atoms with van der Waals surface area (Å²) < 4.78 is 57.3. The molecule has 3 nitrogen and oxygen atoms in total. The van der Waals surface area contributed by atoms with E-state index in [1.54, 1.807) is 0 Å². The molecule has 1 heterocycles. The molecule has 0 amide bonds. The first kappa shape index (κ1) is 15.0. The number of oxazole rings is 1. The Hall–Kier alpha value is -2.96. The number of rotatable bonds is 3. The van der Waals surface area contributed by atoms with Crippen LogP contribution in [0, 0.1) is 23.3 Å². The maximum atomic E-state index is 13.2. The molecule has 0 N–H and O–H groups in total. The highest BCUT2D eigenvalue weighted by molar-refractivity contribution is 6.06.